The van der Waals surface area contributed by atoms with Gasteiger partial charge in [0.05, 0.1) is 17.0 Å². The number of imidazole rings is 2. The van der Waals surface area contributed by atoms with Crippen molar-refractivity contribution >= 4 is 0 Å². The first-order chi connectivity index (χ1) is 14.2. The number of hydrogen-bond donors (Lipinski definition) is 1. The van der Waals surface area contributed by atoms with E-state index in [1.807, 2.05) is 43.5 Å². The number of nitrogens with zero attached hydrogens (tertiary/aromatic N) is 3. The molecule has 0 radical (unpaired) electrons. The molecule has 0 bridgehead atoms. The minimum atomic E-state index is -0.663. The van der Waals surface area contributed by atoms with Gasteiger partial charge in [-0.1, -0.05) is 57.2 Å². The van der Waals surface area contributed by atoms with Crippen LogP contribution in [0.25, 0.3) is 34.0 Å². The van der Waals surface area contributed by atoms with Crippen LogP contribution in [0.5, 0.6) is 0 Å². The molecule has 2 aromatic heterocycles. The van der Waals surface area contributed by atoms with Crippen LogP contribution < -0.4 is 0 Å². The highest BCUT2D eigenvalue weighted by molar-refractivity contribution is 5.79. The third-order valence-corrected chi connectivity index (χ3v) is 4.83. The zero-order valence-corrected chi connectivity index (χ0v) is 17.5. The molecule has 0 fully saturated rings. The van der Waals surface area contributed by atoms with E-state index >= 15 is 0 Å². The van der Waals surface area contributed by atoms with Gasteiger partial charge in [-0.3, -0.25) is 0 Å². The summed E-state index contributed by atoms with van der Waals surface area (Å²) in [6, 6.07) is 13.3. The largest absolute Gasteiger partial charge is 0.336 e. The van der Waals surface area contributed by atoms with E-state index in [0.717, 1.165) is 17.9 Å². The molecule has 0 atom stereocenters. The molecule has 2 heterocycles. The summed E-state index contributed by atoms with van der Waals surface area (Å²) in [5, 5.41) is 0. The molecule has 0 aliphatic carbocycles. The summed E-state index contributed by atoms with van der Waals surface area (Å²) in [6.07, 6.45) is 1.96. The van der Waals surface area contributed by atoms with Crippen LogP contribution in [0.3, 0.4) is 0 Å². The van der Waals surface area contributed by atoms with Crippen LogP contribution in [0.2, 0.25) is 0 Å². The number of H-pyrrole nitrogens is 1. The normalized spacial score (nSPS) is 11.8. The second-order valence-corrected chi connectivity index (χ2v) is 8.63. The molecular formula is C24H24F2N4. The van der Waals surface area contributed by atoms with E-state index in [1.165, 1.54) is 18.2 Å². The summed E-state index contributed by atoms with van der Waals surface area (Å²) in [4.78, 5) is 12.4. The third-order valence-electron chi connectivity index (χ3n) is 4.83. The first-order valence-corrected chi connectivity index (χ1v) is 9.87. The fraction of sp³-hybridized carbons (Fsp3) is 0.250. The quantitative estimate of drug-likeness (QED) is 0.436. The highest BCUT2D eigenvalue weighted by atomic mass is 19.1. The molecule has 2 aromatic carbocycles. The standard InChI is InChI=1S/C24H24F2N4/c1-15-27-19(13-30(15)14-24(2,3)4)22-21(16-9-6-5-7-10-16)28-23(29-22)20-17(25)11-8-12-18(20)26/h5-13H,14H2,1-4H3,(H,28,29). The van der Waals surface area contributed by atoms with E-state index in [9.17, 15) is 8.78 Å². The molecule has 4 aromatic rings. The minimum absolute atomic E-state index is 0.0838. The predicted octanol–water partition coefficient (Wildman–Crippen LogP) is 6.24. The molecule has 0 aliphatic heterocycles. The van der Waals surface area contributed by atoms with Gasteiger partial charge in [0.25, 0.3) is 0 Å². The Labute approximate surface area is 174 Å². The fourth-order valence-corrected chi connectivity index (χ4v) is 3.51. The molecule has 0 aliphatic rings. The Morgan fingerprint density at radius 1 is 0.933 bits per heavy atom. The lowest BCUT2D eigenvalue weighted by Gasteiger charge is -2.19. The minimum Gasteiger partial charge on any atom is -0.336 e. The second-order valence-electron chi connectivity index (χ2n) is 8.63. The van der Waals surface area contributed by atoms with Gasteiger partial charge in [-0.15, -0.1) is 0 Å². The summed E-state index contributed by atoms with van der Waals surface area (Å²) in [5.74, 6) is -0.316. The van der Waals surface area contributed by atoms with Crippen LogP contribution in [-0.4, -0.2) is 19.5 Å². The topological polar surface area (TPSA) is 46.5 Å². The van der Waals surface area contributed by atoms with E-state index in [2.05, 4.69) is 35.3 Å². The smallest absolute Gasteiger partial charge is 0.144 e. The van der Waals surface area contributed by atoms with Gasteiger partial charge in [-0.2, -0.15) is 0 Å². The van der Waals surface area contributed by atoms with Gasteiger partial charge in [0.1, 0.15) is 29.0 Å². The van der Waals surface area contributed by atoms with Crippen molar-refractivity contribution in [3.63, 3.8) is 0 Å². The molecule has 4 nitrogen and oxygen atoms in total. The van der Waals surface area contributed by atoms with Crippen molar-refractivity contribution < 1.29 is 8.78 Å². The van der Waals surface area contributed by atoms with Crippen molar-refractivity contribution in [2.75, 3.05) is 0 Å². The lowest BCUT2D eigenvalue weighted by Crippen LogP contribution is -2.15. The molecule has 1 N–H and O–H groups in total. The highest BCUT2D eigenvalue weighted by Crippen LogP contribution is 2.34. The number of hydrogen-bond acceptors (Lipinski definition) is 2. The van der Waals surface area contributed by atoms with E-state index in [-0.39, 0.29) is 16.8 Å². The molecule has 0 saturated heterocycles. The molecule has 0 saturated carbocycles. The van der Waals surface area contributed by atoms with Gasteiger partial charge in [-0.25, -0.2) is 18.7 Å². The van der Waals surface area contributed by atoms with E-state index in [1.54, 1.807) is 0 Å². The number of aromatic amines is 1. The third kappa shape index (κ3) is 3.90. The van der Waals surface area contributed by atoms with Crippen molar-refractivity contribution in [3.8, 4) is 34.0 Å². The first-order valence-electron chi connectivity index (χ1n) is 9.87. The molecule has 0 unspecified atom stereocenters. The fourth-order valence-electron chi connectivity index (χ4n) is 3.51. The number of rotatable bonds is 4. The van der Waals surface area contributed by atoms with Crippen LogP contribution >= 0.6 is 0 Å². The molecule has 154 valence electrons. The summed E-state index contributed by atoms with van der Waals surface area (Å²) in [5.41, 5.74) is 2.68. The van der Waals surface area contributed by atoms with Crippen LogP contribution in [0.15, 0.2) is 54.7 Å². The lowest BCUT2D eigenvalue weighted by molar-refractivity contribution is 0.340. The average molecular weight is 406 g/mol. The second kappa shape index (κ2) is 7.52. The Morgan fingerprint density at radius 2 is 1.60 bits per heavy atom. The number of halogens is 2. The Bertz CT molecular complexity index is 1160. The Balaban J connectivity index is 1.89. The van der Waals surface area contributed by atoms with Crippen LogP contribution in [0, 0.1) is 24.0 Å². The van der Waals surface area contributed by atoms with Crippen LogP contribution in [-0.2, 0) is 6.54 Å². The lowest BCUT2D eigenvalue weighted by atomic mass is 9.97. The number of nitrogens with one attached hydrogen (secondary N) is 1. The van der Waals surface area contributed by atoms with Crippen molar-refractivity contribution in [2.24, 2.45) is 5.41 Å². The molecule has 30 heavy (non-hydrogen) atoms. The first kappa shape index (κ1) is 20.0. The summed E-state index contributed by atoms with van der Waals surface area (Å²) >= 11 is 0. The maximum Gasteiger partial charge on any atom is 0.144 e. The highest BCUT2D eigenvalue weighted by Gasteiger charge is 2.22. The van der Waals surface area contributed by atoms with Gasteiger partial charge >= 0.3 is 0 Å². The number of benzene rings is 2. The van der Waals surface area contributed by atoms with Crippen molar-refractivity contribution in [3.05, 3.63) is 72.2 Å². The molecule has 0 spiro atoms. The van der Waals surface area contributed by atoms with Crippen molar-refractivity contribution in [1.29, 1.82) is 0 Å². The Morgan fingerprint density at radius 3 is 2.23 bits per heavy atom. The molecule has 4 rings (SSSR count). The van der Waals surface area contributed by atoms with E-state index < -0.39 is 11.6 Å². The number of aryl methyl sites for hydroxylation is 1. The van der Waals surface area contributed by atoms with E-state index in [0.29, 0.717) is 17.1 Å². The summed E-state index contributed by atoms with van der Waals surface area (Å²) in [6.45, 7) is 9.24. The van der Waals surface area contributed by atoms with E-state index in [4.69, 9.17) is 4.98 Å². The Hall–Kier alpha value is -3.28. The SMILES string of the molecule is Cc1nc(-c2[nH]c(-c3c(F)cccc3F)nc2-c2ccccc2)cn1CC(C)(C)C. The van der Waals surface area contributed by atoms with Crippen LogP contribution in [0.4, 0.5) is 8.78 Å². The number of aromatic nitrogens is 4. The maximum atomic E-state index is 14.4. The monoisotopic (exact) mass is 406 g/mol. The van der Waals surface area contributed by atoms with Crippen molar-refractivity contribution in [2.45, 2.75) is 34.2 Å². The van der Waals surface area contributed by atoms with Gasteiger partial charge in [0, 0.05) is 18.3 Å². The van der Waals surface area contributed by atoms with Gasteiger partial charge in [-0.05, 0) is 24.5 Å². The van der Waals surface area contributed by atoms with Gasteiger partial charge in [0.2, 0.25) is 0 Å². The van der Waals surface area contributed by atoms with Crippen LogP contribution in [0.1, 0.15) is 26.6 Å². The zero-order chi connectivity index (χ0) is 21.5. The molecule has 6 heteroatoms. The zero-order valence-electron chi connectivity index (χ0n) is 17.5. The summed E-state index contributed by atoms with van der Waals surface area (Å²) in [7, 11) is 0. The molecular weight excluding hydrogens is 382 g/mol. The van der Waals surface area contributed by atoms with Crippen molar-refractivity contribution in [1.82, 2.24) is 19.5 Å². The van der Waals surface area contributed by atoms with Gasteiger partial charge < -0.3 is 9.55 Å². The van der Waals surface area contributed by atoms with Gasteiger partial charge in [0.15, 0.2) is 0 Å². The predicted molar refractivity (Wildman–Crippen MR) is 115 cm³/mol. The summed E-state index contributed by atoms with van der Waals surface area (Å²) < 4.78 is 30.9. The average Bonchev–Trinajstić information content (AvgIpc) is 3.25. The Kier molecular flexibility index (Phi) is 5.02. The maximum absolute atomic E-state index is 14.4. The molecule has 0 amide bonds.